The van der Waals surface area contributed by atoms with E-state index >= 15 is 0 Å². The summed E-state index contributed by atoms with van der Waals surface area (Å²) in [6.07, 6.45) is 5.19. The minimum absolute atomic E-state index is 0.00283. The maximum absolute atomic E-state index is 12.0. The van der Waals surface area contributed by atoms with Crippen molar-refractivity contribution in [3.63, 3.8) is 0 Å². The number of nitrogens with zero attached hydrogens (tertiary/aromatic N) is 6. The summed E-state index contributed by atoms with van der Waals surface area (Å²) >= 11 is 0. The average molecular weight is 405 g/mol. The van der Waals surface area contributed by atoms with E-state index in [4.69, 9.17) is 0 Å². The fourth-order valence-electron chi connectivity index (χ4n) is 4.02. The van der Waals surface area contributed by atoms with Gasteiger partial charge in [-0.2, -0.15) is 5.10 Å². The van der Waals surface area contributed by atoms with Gasteiger partial charge in [-0.1, -0.05) is 13.8 Å². The molecular formula is C20H36N8O. The van der Waals surface area contributed by atoms with Crippen LogP contribution >= 0.6 is 0 Å². The van der Waals surface area contributed by atoms with Gasteiger partial charge in [-0.15, -0.1) is 0 Å². The van der Waals surface area contributed by atoms with Crippen molar-refractivity contribution in [3.8, 4) is 0 Å². The number of guanidine groups is 1. The van der Waals surface area contributed by atoms with Gasteiger partial charge >= 0.3 is 0 Å². The Kier molecular flexibility index (Phi) is 7.46. The Hall–Kier alpha value is -2.16. The molecular weight excluding hydrogens is 368 g/mol. The van der Waals surface area contributed by atoms with Crippen molar-refractivity contribution < 1.29 is 4.79 Å². The summed E-state index contributed by atoms with van der Waals surface area (Å²) in [7, 11) is 3.52. The number of likely N-dealkylation sites (N-methyl/N-ethyl adjacent to an activating group) is 2. The topological polar surface area (TPSA) is 90.7 Å². The lowest BCUT2D eigenvalue weighted by molar-refractivity contribution is -0.127. The Balaban J connectivity index is 1.62. The Morgan fingerprint density at radius 2 is 2.14 bits per heavy atom. The predicted octanol–water partition coefficient (Wildman–Crippen LogP) is 0.263. The van der Waals surface area contributed by atoms with Crippen molar-refractivity contribution in [2.45, 2.75) is 64.6 Å². The first-order chi connectivity index (χ1) is 14.0. The van der Waals surface area contributed by atoms with E-state index in [2.05, 4.69) is 44.5 Å². The average Bonchev–Trinajstić information content (AvgIpc) is 3.35. The molecule has 1 aromatic heterocycles. The number of aromatic nitrogens is 3. The molecule has 2 aliphatic heterocycles. The third-order valence-electron chi connectivity index (χ3n) is 5.84. The van der Waals surface area contributed by atoms with Crippen molar-refractivity contribution in [1.82, 2.24) is 35.2 Å². The molecule has 0 bridgehead atoms. The van der Waals surface area contributed by atoms with Crippen LogP contribution in [0.25, 0.3) is 0 Å². The quantitative estimate of drug-likeness (QED) is 0.501. The largest absolute Gasteiger partial charge is 0.355 e. The van der Waals surface area contributed by atoms with Gasteiger partial charge in [0.1, 0.15) is 12.4 Å². The van der Waals surface area contributed by atoms with Crippen LogP contribution in [0.3, 0.4) is 0 Å². The summed E-state index contributed by atoms with van der Waals surface area (Å²) in [5.74, 6) is 2.69. The van der Waals surface area contributed by atoms with Crippen LogP contribution in [0.4, 0.5) is 0 Å². The van der Waals surface area contributed by atoms with E-state index in [9.17, 15) is 4.79 Å². The van der Waals surface area contributed by atoms with Crippen LogP contribution in [-0.2, 0) is 24.2 Å². The van der Waals surface area contributed by atoms with E-state index in [1.165, 1.54) is 19.4 Å². The number of hydrogen-bond acceptors (Lipinski definition) is 5. The second-order valence-electron chi connectivity index (χ2n) is 8.12. The smallest absolute Gasteiger partial charge is 0.243 e. The van der Waals surface area contributed by atoms with Crippen molar-refractivity contribution >= 4 is 11.9 Å². The number of hydrogen-bond donors (Lipinski definition) is 2. The second kappa shape index (κ2) is 10.0. The highest BCUT2D eigenvalue weighted by Crippen LogP contribution is 2.16. The molecule has 1 saturated heterocycles. The number of aryl methyl sites for hydroxylation is 2. The van der Waals surface area contributed by atoms with Gasteiger partial charge in [0.25, 0.3) is 0 Å². The van der Waals surface area contributed by atoms with Gasteiger partial charge in [0.05, 0.1) is 6.54 Å². The maximum Gasteiger partial charge on any atom is 0.243 e. The number of nitrogens with one attached hydrogen (secondary N) is 2. The van der Waals surface area contributed by atoms with E-state index in [-0.39, 0.29) is 18.5 Å². The fraction of sp³-hybridized carbons (Fsp3) is 0.800. The van der Waals surface area contributed by atoms with Gasteiger partial charge in [-0.3, -0.25) is 9.69 Å². The van der Waals surface area contributed by atoms with Gasteiger partial charge in [-0.25, -0.2) is 14.7 Å². The molecule has 1 aromatic rings. The van der Waals surface area contributed by atoms with Crippen molar-refractivity contribution in [2.75, 3.05) is 40.3 Å². The summed E-state index contributed by atoms with van der Waals surface area (Å²) in [5.41, 5.74) is 0. The summed E-state index contributed by atoms with van der Waals surface area (Å²) in [5, 5.41) is 11.6. The van der Waals surface area contributed by atoms with Gasteiger partial charge in [0, 0.05) is 45.6 Å². The molecule has 2 unspecified atom stereocenters. The minimum atomic E-state index is -0.00283. The third-order valence-corrected chi connectivity index (χ3v) is 5.84. The molecule has 0 aliphatic carbocycles. The Labute approximate surface area is 173 Å². The lowest BCUT2D eigenvalue weighted by Crippen LogP contribution is -2.50. The normalized spacial score (nSPS) is 22.4. The van der Waals surface area contributed by atoms with Crippen LogP contribution in [0.5, 0.6) is 0 Å². The molecule has 3 heterocycles. The van der Waals surface area contributed by atoms with E-state index in [0.717, 1.165) is 50.5 Å². The van der Waals surface area contributed by atoms with Crippen LogP contribution in [0, 0.1) is 0 Å². The highest BCUT2D eigenvalue weighted by Gasteiger charge is 2.25. The van der Waals surface area contributed by atoms with Crippen LogP contribution in [0.2, 0.25) is 0 Å². The summed E-state index contributed by atoms with van der Waals surface area (Å²) in [4.78, 5) is 25.3. The number of carbonyl (C=O) groups is 1. The van der Waals surface area contributed by atoms with Gasteiger partial charge in [0.15, 0.2) is 11.8 Å². The predicted molar refractivity (Wildman–Crippen MR) is 114 cm³/mol. The van der Waals surface area contributed by atoms with E-state index < -0.39 is 0 Å². The number of aliphatic imine (C=N–C) groups is 1. The highest BCUT2D eigenvalue weighted by atomic mass is 16.2. The molecule has 1 fully saturated rings. The van der Waals surface area contributed by atoms with E-state index in [1.807, 2.05) is 4.68 Å². The second-order valence-corrected chi connectivity index (χ2v) is 8.12. The molecule has 9 heteroatoms. The lowest BCUT2D eigenvalue weighted by Gasteiger charge is -2.28. The molecule has 3 rings (SSSR count). The first-order valence-corrected chi connectivity index (χ1v) is 10.9. The molecule has 1 amide bonds. The number of amides is 1. The molecule has 162 valence electrons. The van der Waals surface area contributed by atoms with Crippen LogP contribution < -0.4 is 10.6 Å². The van der Waals surface area contributed by atoms with Crippen LogP contribution in [-0.4, -0.2) is 88.8 Å². The SMILES string of the molecule is CCc1nc2n(n1)CC(NC(=NCC(=O)N(C)C)NCC1CCCN1CC)CC2. The summed E-state index contributed by atoms with van der Waals surface area (Å²) < 4.78 is 2.01. The Morgan fingerprint density at radius 1 is 1.31 bits per heavy atom. The number of carbonyl (C=O) groups excluding carboxylic acids is 1. The Bertz CT molecular complexity index is 713. The zero-order valence-corrected chi connectivity index (χ0v) is 18.3. The van der Waals surface area contributed by atoms with Gasteiger partial charge in [0.2, 0.25) is 5.91 Å². The lowest BCUT2D eigenvalue weighted by atomic mass is 10.1. The molecule has 2 aliphatic rings. The zero-order valence-electron chi connectivity index (χ0n) is 18.3. The molecule has 0 aromatic carbocycles. The highest BCUT2D eigenvalue weighted by molar-refractivity contribution is 5.85. The van der Waals surface area contributed by atoms with Crippen molar-refractivity contribution in [2.24, 2.45) is 4.99 Å². The molecule has 2 atom stereocenters. The zero-order chi connectivity index (χ0) is 20.8. The maximum atomic E-state index is 12.0. The van der Waals surface area contributed by atoms with E-state index in [1.54, 1.807) is 19.0 Å². The number of rotatable bonds is 7. The molecule has 29 heavy (non-hydrogen) atoms. The Morgan fingerprint density at radius 3 is 2.86 bits per heavy atom. The van der Waals surface area contributed by atoms with Gasteiger partial charge < -0.3 is 15.5 Å². The standard InChI is InChI=1S/C20H36N8O/c1-5-17-24-18-10-9-15(14-28(18)25-17)23-20(22-13-19(29)26(3)4)21-12-16-8-7-11-27(16)6-2/h15-16H,5-14H2,1-4H3,(H2,21,22,23). The number of likely N-dealkylation sites (tertiary alicyclic amines) is 1. The molecule has 0 saturated carbocycles. The molecule has 0 radical (unpaired) electrons. The van der Waals surface area contributed by atoms with Crippen LogP contribution in [0.1, 0.15) is 44.8 Å². The first kappa shape index (κ1) is 21.5. The van der Waals surface area contributed by atoms with Crippen LogP contribution in [0.15, 0.2) is 4.99 Å². The molecule has 9 nitrogen and oxygen atoms in total. The third kappa shape index (κ3) is 5.68. The molecule has 2 N–H and O–H groups in total. The van der Waals surface area contributed by atoms with Crippen molar-refractivity contribution in [1.29, 1.82) is 0 Å². The van der Waals surface area contributed by atoms with E-state index in [0.29, 0.717) is 12.0 Å². The molecule has 0 spiro atoms. The summed E-state index contributed by atoms with van der Waals surface area (Å²) in [6, 6.07) is 0.748. The minimum Gasteiger partial charge on any atom is -0.355 e. The fourth-order valence-corrected chi connectivity index (χ4v) is 4.02. The monoisotopic (exact) mass is 404 g/mol. The number of fused-ring (bicyclic) bond motifs is 1. The summed E-state index contributed by atoms with van der Waals surface area (Å²) in [6.45, 7) is 8.29. The van der Waals surface area contributed by atoms with Gasteiger partial charge in [-0.05, 0) is 32.4 Å². The van der Waals surface area contributed by atoms with Crippen molar-refractivity contribution in [3.05, 3.63) is 11.6 Å². The first-order valence-electron chi connectivity index (χ1n) is 10.9.